The Morgan fingerprint density at radius 3 is 2.91 bits per heavy atom. The zero-order valence-electron chi connectivity index (χ0n) is 13.5. The van der Waals surface area contributed by atoms with E-state index in [-0.39, 0.29) is 0 Å². The van der Waals surface area contributed by atoms with E-state index in [0.29, 0.717) is 18.0 Å². The number of aromatic nitrogens is 2. The van der Waals surface area contributed by atoms with Gasteiger partial charge in [-0.25, -0.2) is 4.98 Å². The van der Waals surface area contributed by atoms with Gasteiger partial charge in [0.25, 0.3) is 0 Å². The molecule has 4 rings (SSSR count). The number of fused-ring (bicyclic) bond motifs is 3. The van der Waals surface area contributed by atoms with Crippen molar-refractivity contribution in [1.82, 2.24) is 15.3 Å². The van der Waals surface area contributed by atoms with Crippen molar-refractivity contribution in [2.75, 3.05) is 17.6 Å². The zero-order chi connectivity index (χ0) is 15.8. The van der Waals surface area contributed by atoms with Crippen molar-refractivity contribution >= 4 is 11.8 Å². The predicted octanol–water partition coefficient (Wildman–Crippen LogP) is 2.38. The maximum absolute atomic E-state index is 6.01. The maximum atomic E-state index is 6.01. The number of hydrogen-bond acceptors (Lipinski definition) is 5. The molecule has 0 unspecified atom stereocenters. The third-order valence-electron chi connectivity index (χ3n) is 4.86. The average molecular weight is 309 g/mol. The lowest BCUT2D eigenvalue weighted by Gasteiger charge is -2.18. The molecule has 0 spiro atoms. The number of aryl methyl sites for hydroxylation is 1. The highest BCUT2D eigenvalue weighted by Crippen LogP contribution is 2.35. The van der Waals surface area contributed by atoms with Gasteiger partial charge in [0, 0.05) is 29.8 Å². The zero-order valence-corrected chi connectivity index (χ0v) is 13.5. The summed E-state index contributed by atoms with van der Waals surface area (Å²) in [6, 6.07) is 9.46. The average Bonchev–Trinajstić information content (AvgIpc) is 2.85. The van der Waals surface area contributed by atoms with Crippen molar-refractivity contribution in [1.29, 1.82) is 0 Å². The second-order valence-electron chi connectivity index (χ2n) is 6.65. The van der Waals surface area contributed by atoms with Gasteiger partial charge in [0.05, 0.1) is 5.69 Å². The van der Waals surface area contributed by atoms with Crippen molar-refractivity contribution in [2.24, 2.45) is 0 Å². The van der Waals surface area contributed by atoms with Gasteiger partial charge in [0.1, 0.15) is 5.82 Å². The van der Waals surface area contributed by atoms with Gasteiger partial charge in [-0.2, -0.15) is 4.98 Å². The molecule has 2 atom stereocenters. The molecule has 0 saturated carbocycles. The summed E-state index contributed by atoms with van der Waals surface area (Å²) in [5.41, 5.74) is 10.8. The molecule has 1 aromatic carbocycles. The van der Waals surface area contributed by atoms with Gasteiger partial charge in [0.15, 0.2) is 0 Å². The lowest BCUT2D eigenvalue weighted by Crippen LogP contribution is -2.24. The third-order valence-corrected chi connectivity index (χ3v) is 4.86. The molecule has 1 aromatic heterocycles. The number of nitrogens with two attached hydrogens (primary N) is 1. The summed E-state index contributed by atoms with van der Waals surface area (Å²) in [6.07, 6.45) is 4.29. The van der Waals surface area contributed by atoms with Crippen LogP contribution in [0.5, 0.6) is 0 Å². The molecule has 23 heavy (non-hydrogen) atoms. The first kappa shape index (κ1) is 14.5. The fourth-order valence-electron chi connectivity index (χ4n) is 3.75. The van der Waals surface area contributed by atoms with Crippen LogP contribution in [0.3, 0.4) is 0 Å². The lowest BCUT2D eigenvalue weighted by molar-refractivity contribution is 0.661. The SMILES string of the molecule is C[C@@H]1C[C@H](Nc2nc(N)nc3c2CCCc2ccccc2-3)CN1. The number of rotatable bonds is 2. The van der Waals surface area contributed by atoms with Crippen LogP contribution in [0.25, 0.3) is 11.3 Å². The number of benzene rings is 1. The summed E-state index contributed by atoms with van der Waals surface area (Å²) in [7, 11) is 0. The van der Waals surface area contributed by atoms with Crippen molar-refractivity contribution < 1.29 is 0 Å². The van der Waals surface area contributed by atoms with Gasteiger partial charge in [-0.15, -0.1) is 0 Å². The molecule has 2 aliphatic rings. The molecule has 0 amide bonds. The summed E-state index contributed by atoms with van der Waals surface area (Å²) in [5.74, 6) is 1.27. The van der Waals surface area contributed by atoms with Gasteiger partial charge in [0.2, 0.25) is 5.95 Å². The van der Waals surface area contributed by atoms with E-state index in [1.165, 1.54) is 16.7 Å². The van der Waals surface area contributed by atoms with E-state index >= 15 is 0 Å². The van der Waals surface area contributed by atoms with Crippen LogP contribution in [0, 0.1) is 0 Å². The minimum Gasteiger partial charge on any atom is -0.368 e. The van der Waals surface area contributed by atoms with Crippen LogP contribution in [-0.4, -0.2) is 28.6 Å². The van der Waals surface area contributed by atoms with Crippen LogP contribution in [-0.2, 0) is 12.8 Å². The Morgan fingerprint density at radius 2 is 2.09 bits per heavy atom. The predicted molar refractivity (Wildman–Crippen MR) is 93.4 cm³/mol. The normalized spacial score (nSPS) is 23.0. The summed E-state index contributed by atoms with van der Waals surface area (Å²) in [5, 5.41) is 7.08. The summed E-state index contributed by atoms with van der Waals surface area (Å²) < 4.78 is 0. The van der Waals surface area contributed by atoms with Crippen molar-refractivity contribution in [3.05, 3.63) is 35.4 Å². The molecule has 0 radical (unpaired) electrons. The minimum absolute atomic E-state index is 0.349. The van der Waals surface area contributed by atoms with Gasteiger partial charge in [-0.3, -0.25) is 0 Å². The van der Waals surface area contributed by atoms with Crippen LogP contribution in [0.2, 0.25) is 0 Å². The first-order valence-corrected chi connectivity index (χ1v) is 8.45. The number of hydrogen-bond donors (Lipinski definition) is 3. The Morgan fingerprint density at radius 1 is 1.22 bits per heavy atom. The minimum atomic E-state index is 0.349. The summed E-state index contributed by atoms with van der Waals surface area (Å²) in [6.45, 7) is 3.18. The molecule has 5 heteroatoms. The third kappa shape index (κ3) is 2.77. The van der Waals surface area contributed by atoms with Crippen LogP contribution >= 0.6 is 0 Å². The smallest absolute Gasteiger partial charge is 0.222 e. The molecule has 4 N–H and O–H groups in total. The molecule has 1 fully saturated rings. The van der Waals surface area contributed by atoms with Gasteiger partial charge in [-0.05, 0) is 38.2 Å². The summed E-state index contributed by atoms with van der Waals surface area (Å²) >= 11 is 0. The monoisotopic (exact) mass is 309 g/mol. The Labute approximate surface area is 136 Å². The molecule has 1 aliphatic carbocycles. The Hall–Kier alpha value is -2.14. The quantitative estimate of drug-likeness (QED) is 0.794. The van der Waals surface area contributed by atoms with Crippen molar-refractivity contribution in [3.8, 4) is 11.3 Å². The van der Waals surface area contributed by atoms with E-state index in [1.54, 1.807) is 0 Å². The molecule has 120 valence electrons. The molecule has 1 saturated heterocycles. The molecule has 0 bridgehead atoms. The molecule has 2 heterocycles. The maximum Gasteiger partial charge on any atom is 0.222 e. The van der Waals surface area contributed by atoms with E-state index in [9.17, 15) is 0 Å². The number of nitrogens with zero attached hydrogens (tertiary/aromatic N) is 2. The molecule has 1 aliphatic heterocycles. The van der Waals surface area contributed by atoms with Gasteiger partial charge in [-0.1, -0.05) is 24.3 Å². The molecule has 5 nitrogen and oxygen atoms in total. The van der Waals surface area contributed by atoms with E-state index in [0.717, 1.165) is 43.7 Å². The van der Waals surface area contributed by atoms with Gasteiger partial charge < -0.3 is 16.4 Å². The Kier molecular flexibility index (Phi) is 3.65. The van der Waals surface area contributed by atoms with E-state index in [2.05, 4.69) is 51.8 Å². The first-order valence-electron chi connectivity index (χ1n) is 8.45. The largest absolute Gasteiger partial charge is 0.368 e. The topological polar surface area (TPSA) is 75.9 Å². The van der Waals surface area contributed by atoms with Crippen molar-refractivity contribution in [2.45, 2.75) is 44.7 Å². The van der Waals surface area contributed by atoms with Crippen LogP contribution < -0.4 is 16.4 Å². The van der Waals surface area contributed by atoms with Crippen LogP contribution in [0.1, 0.15) is 30.9 Å². The fraction of sp³-hybridized carbons (Fsp3) is 0.444. The number of nitrogen functional groups attached to an aromatic ring is 1. The highest BCUT2D eigenvalue weighted by atomic mass is 15.1. The standard InChI is InChI=1S/C18H23N5/c1-11-9-13(10-20-11)21-17-15-8-4-6-12-5-2-3-7-14(12)16(15)22-18(19)23-17/h2-3,5,7,11,13,20H,4,6,8-10H2,1H3,(H3,19,21,22,23)/t11-,13+/m1/s1. The molecular weight excluding hydrogens is 286 g/mol. The number of nitrogens with one attached hydrogen (secondary N) is 2. The fourth-order valence-corrected chi connectivity index (χ4v) is 3.75. The van der Waals surface area contributed by atoms with Crippen molar-refractivity contribution in [3.63, 3.8) is 0 Å². The van der Waals surface area contributed by atoms with Crippen LogP contribution in [0.15, 0.2) is 24.3 Å². The summed E-state index contributed by atoms with van der Waals surface area (Å²) in [4.78, 5) is 9.09. The van der Waals surface area contributed by atoms with E-state index in [1.807, 2.05) is 0 Å². The van der Waals surface area contributed by atoms with Crippen LogP contribution in [0.4, 0.5) is 11.8 Å². The molecule has 2 aromatic rings. The Bertz CT molecular complexity index is 727. The first-order chi connectivity index (χ1) is 11.2. The second-order valence-corrected chi connectivity index (χ2v) is 6.65. The van der Waals surface area contributed by atoms with E-state index < -0.39 is 0 Å². The highest BCUT2D eigenvalue weighted by molar-refractivity contribution is 5.73. The molecular formula is C18H23N5. The highest BCUT2D eigenvalue weighted by Gasteiger charge is 2.25. The number of anilines is 2. The van der Waals surface area contributed by atoms with Gasteiger partial charge >= 0.3 is 0 Å². The van der Waals surface area contributed by atoms with E-state index in [4.69, 9.17) is 5.73 Å². The second kappa shape index (κ2) is 5.81. The Balaban J connectivity index is 1.76. The lowest BCUT2D eigenvalue weighted by atomic mass is 10.0.